The highest BCUT2D eigenvalue weighted by atomic mass is 16.4. The van der Waals surface area contributed by atoms with Crippen molar-refractivity contribution in [3.63, 3.8) is 0 Å². The Kier molecular flexibility index (Phi) is 3.46. The van der Waals surface area contributed by atoms with Crippen molar-refractivity contribution in [1.29, 1.82) is 0 Å². The van der Waals surface area contributed by atoms with Crippen LogP contribution < -0.4 is 11.1 Å². The third kappa shape index (κ3) is 2.71. The maximum Gasteiger partial charge on any atom is 0.417 e. The number of hydrogen-bond acceptors (Lipinski definition) is 4. The Morgan fingerprint density at radius 2 is 2.04 bits per heavy atom. The third-order valence-corrected chi connectivity index (χ3v) is 4.40. The summed E-state index contributed by atoms with van der Waals surface area (Å²) in [6, 6.07) is 9.00. The summed E-state index contributed by atoms with van der Waals surface area (Å²) in [5, 5.41) is 3.78. The maximum atomic E-state index is 12.4. The van der Waals surface area contributed by atoms with Crippen molar-refractivity contribution in [3.05, 3.63) is 63.8 Å². The summed E-state index contributed by atoms with van der Waals surface area (Å²) in [6.45, 7) is 4.03. The van der Waals surface area contributed by atoms with Gasteiger partial charge in [0.05, 0.1) is 18.2 Å². The van der Waals surface area contributed by atoms with E-state index in [1.165, 1.54) is 0 Å². The number of furan rings is 1. The van der Waals surface area contributed by atoms with Gasteiger partial charge in [0, 0.05) is 16.6 Å². The van der Waals surface area contributed by atoms with E-state index in [1.807, 2.05) is 26.0 Å². The fourth-order valence-electron chi connectivity index (χ4n) is 2.93. The second-order valence-corrected chi connectivity index (χ2v) is 6.10. The monoisotopic (exact) mass is 336 g/mol. The summed E-state index contributed by atoms with van der Waals surface area (Å²) >= 11 is 0. The molecule has 2 aromatic carbocycles. The molecule has 0 aliphatic carbocycles. The lowest BCUT2D eigenvalue weighted by molar-refractivity contribution is -0.115. The number of fused-ring (bicyclic) bond motifs is 2. The topological polar surface area (TPSA) is 88.2 Å². The number of oxazole rings is 1. The number of carbonyl (C=O) groups is 1. The zero-order valence-corrected chi connectivity index (χ0v) is 13.8. The summed E-state index contributed by atoms with van der Waals surface area (Å²) in [6.07, 6.45) is 1.84. The Hall–Kier alpha value is -3.28. The van der Waals surface area contributed by atoms with Crippen molar-refractivity contribution in [3.8, 4) is 0 Å². The average Bonchev–Trinajstić information content (AvgIpc) is 3.13. The van der Waals surface area contributed by atoms with Crippen LogP contribution in [0.3, 0.4) is 0 Å². The van der Waals surface area contributed by atoms with Crippen LogP contribution in [0.2, 0.25) is 0 Å². The van der Waals surface area contributed by atoms with Crippen molar-refractivity contribution in [2.45, 2.75) is 20.3 Å². The van der Waals surface area contributed by atoms with E-state index >= 15 is 0 Å². The predicted octanol–water partition coefficient (Wildman–Crippen LogP) is 3.67. The molecule has 6 nitrogen and oxygen atoms in total. The number of anilines is 1. The molecule has 25 heavy (non-hydrogen) atoms. The van der Waals surface area contributed by atoms with Gasteiger partial charge in [0.2, 0.25) is 5.91 Å². The van der Waals surface area contributed by atoms with Crippen molar-refractivity contribution in [2.75, 3.05) is 5.32 Å². The number of aryl methyl sites for hydroxylation is 2. The molecule has 0 spiro atoms. The molecule has 4 rings (SSSR count). The Morgan fingerprint density at radius 1 is 1.20 bits per heavy atom. The van der Waals surface area contributed by atoms with Gasteiger partial charge in [-0.2, -0.15) is 0 Å². The van der Waals surface area contributed by atoms with Gasteiger partial charge < -0.3 is 14.2 Å². The van der Waals surface area contributed by atoms with Crippen LogP contribution in [0.15, 0.2) is 50.2 Å². The molecular formula is C19H16N2O4. The fraction of sp³-hybridized carbons (Fsp3) is 0.158. The number of amides is 1. The van der Waals surface area contributed by atoms with Crippen LogP contribution in [0.1, 0.15) is 16.7 Å². The Labute approximate surface area is 142 Å². The number of nitrogens with one attached hydrogen (secondary N) is 2. The molecule has 0 aliphatic rings. The molecule has 0 saturated carbocycles. The minimum Gasteiger partial charge on any atom is -0.464 e. The van der Waals surface area contributed by atoms with E-state index < -0.39 is 5.76 Å². The average molecular weight is 336 g/mol. The first kappa shape index (κ1) is 15.3. The maximum absolute atomic E-state index is 12.4. The second kappa shape index (κ2) is 5.66. The van der Waals surface area contributed by atoms with Gasteiger partial charge in [0.25, 0.3) is 0 Å². The highest BCUT2D eigenvalue weighted by molar-refractivity contribution is 5.97. The van der Waals surface area contributed by atoms with E-state index in [1.54, 1.807) is 24.5 Å². The molecule has 0 bridgehead atoms. The van der Waals surface area contributed by atoms with Crippen LogP contribution in [0, 0.1) is 13.8 Å². The highest BCUT2D eigenvalue weighted by Gasteiger charge is 2.13. The van der Waals surface area contributed by atoms with Gasteiger partial charge in [-0.15, -0.1) is 0 Å². The first-order chi connectivity index (χ1) is 12.0. The van der Waals surface area contributed by atoms with Gasteiger partial charge in [-0.25, -0.2) is 4.79 Å². The summed E-state index contributed by atoms with van der Waals surface area (Å²) in [5.41, 5.74) is 5.49. The molecule has 2 heterocycles. The molecule has 0 fully saturated rings. The van der Waals surface area contributed by atoms with E-state index in [0.29, 0.717) is 16.8 Å². The Bertz CT molecular complexity index is 1160. The molecule has 0 radical (unpaired) electrons. The van der Waals surface area contributed by atoms with Crippen LogP contribution in [-0.4, -0.2) is 10.9 Å². The van der Waals surface area contributed by atoms with Gasteiger partial charge in [0.15, 0.2) is 5.58 Å². The van der Waals surface area contributed by atoms with Crippen LogP contribution in [0.5, 0.6) is 0 Å². The van der Waals surface area contributed by atoms with Crippen LogP contribution in [0.4, 0.5) is 5.69 Å². The van der Waals surface area contributed by atoms with E-state index in [4.69, 9.17) is 8.83 Å². The number of aromatic amines is 1. The second-order valence-electron chi connectivity index (χ2n) is 6.10. The first-order valence-electron chi connectivity index (χ1n) is 7.90. The number of carbonyl (C=O) groups excluding carboxylic acids is 1. The fourth-order valence-corrected chi connectivity index (χ4v) is 2.93. The number of hydrogen-bond donors (Lipinski definition) is 2. The van der Waals surface area contributed by atoms with Gasteiger partial charge in [-0.05, 0) is 43.2 Å². The van der Waals surface area contributed by atoms with Crippen LogP contribution in [0.25, 0.3) is 22.1 Å². The molecule has 2 aromatic heterocycles. The van der Waals surface area contributed by atoms with Crippen molar-refractivity contribution in [1.82, 2.24) is 4.98 Å². The Balaban J connectivity index is 1.57. The molecule has 126 valence electrons. The molecule has 0 unspecified atom stereocenters. The number of aromatic nitrogens is 1. The van der Waals surface area contributed by atoms with Crippen molar-refractivity contribution in [2.24, 2.45) is 0 Å². The number of H-pyrrole nitrogens is 1. The smallest absolute Gasteiger partial charge is 0.417 e. The van der Waals surface area contributed by atoms with Crippen LogP contribution in [-0.2, 0) is 11.2 Å². The molecule has 6 heteroatoms. The SMILES string of the molecule is Cc1ccc2c(CC(=O)Nc3ccc4oc(=O)[nH]c4c3)coc2c1C. The van der Waals surface area contributed by atoms with Gasteiger partial charge in [-0.3, -0.25) is 9.78 Å². The van der Waals surface area contributed by atoms with E-state index in [-0.39, 0.29) is 12.3 Å². The minimum absolute atomic E-state index is 0.161. The van der Waals surface area contributed by atoms with E-state index in [2.05, 4.69) is 10.3 Å². The van der Waals surface area contributed by atoms with Crippen molar-refractivity contribution < 1.29 is 13.6 Å². The summed E-state index contributed by atoms with van der Waals surface area (Å²) in [5.74, 6) is -0.680. The molecular weight excluding hydrogens is 320 g/mol. The largest absolute Gasteiger partial charge is 0.464 e. The predicted molar refractivity (Wildman–Crippen MR) is 94.9 cm³/mol. The lowest BCUT2D eigenvalue weighted by Gasteiger charge is -2.05. The lowest BCUT2D eigenvalue weighted by atomic mass is 10.0. The van der Waals surface area contributed by atoms with Crippen molar-refractivity contribution >= 4 is 33.7 Å². The number of rotatable bonds is 3. The number of benzene rings is 2. The Morgan fingerprint density at radius 3 is 2.88 bits per heavy atom. The quantitative estimate of drug-likeness (QED) is 0.597. The highest BCUT2D eigenvalue weighted by Crippen LogP contribution is 2.27. The zero-order chi connectivity index (χ0) is 17.6. The summed E-state index contributed by atoms with van der Waals surface area (Å²) in [4.78, 5) is 26.1. The molecule has 4 aromatic rings. The standard InChI is InChI=1S/C19H16N2O4/c1-10-3-5-14-12(9-24-18(14)11(10)2)7-17(22)20-13-4-6-16-15(8-13)21-19(23)25-16/h3-6,8-9H,7H2,1-2H3,(H,20,22)(H,21,23). The first-order valence-corrected chi connectivity index (χ1v) is 7.90. The molecule has 2 N–H and O–H groups in total. The van der Waals surface area contributed by atoms with Crippen LogP contribution >= 0.6 is 0 Å². The third-order valence-electron chi connectivity index (χ3n) is 4.40. The van der Waals surface area contributed by atoms with E-state index in [9.17, 15) is 9.59 Å². The molecule has 0 aliphatic heterocycles. The molecule has 0 saturated heterocycles. The molecule has 0 atom stereocenters. The molecule has 1 amide bonds. The zero-order valence-electron chi connectivity index (χ0n) is 13.8. The normalized spacial score (nSPS) is 11.3. The van der Waals surface area contributed by atoms with Gasteiger partial charge in [0.1, 0.15) is 5.58 Å². The summed E-state index contributed by atoms with van der Waals surface area (Å²) in [7, 11) is 0. The minimum atomic E-state index is -0.519. The van der Waals surface area contributed by atoms with Gasteiger partial charge in [-0.1, -0.05) is 12.1 Å². The lowest BCUT2D eigenvalue weighted by Crippen LogP contribution is -2.14. The summed E-state index contributed by atoms with van der Waals surface area (Å²) < 4.78 is 10.6. The van der Waals surface area contributed by atoms with Gasteiger partial charge >= 0.3 is 5.76 Å². The van der Waals surface area contributed by atoms with E-state index in [0.717, 1.165) is 27.7 Å².